The van der Waals surface area contributed by atoms with E-state index in [1.807, 2.05) is 24.3 Å². The minimum absolute atomic E-state index is 0.122. The highest BCUT2D eigenvalue weighted by atomic mass is 16.5. The lowest BCUT2D eigenvalue weighted by Crippen LogP contribution is -2.38. The lowest BCUT2D eigenvalue weighted by molar-refractivity contribution is -0.137. The molecule has 0 unspecified atom stereocenters. The van der Waals surface area contributed by atoms with E-state index in [0.29, 0.717) is 6.54 Å². The van der Waals surface area contributed by atoms with Crippen LogP contribution in [0, 0.1) is 0 Å². The molecule has 6 nitrogen and oxygen atoms in total. The van der Waals surface area contributed by atoms with Crippen molar-refractivity contribution in [2.45, 2.75) is 6.42 Å². The molecule has 114 valence electrons. The Bertz CT molecular complexity index is 471. The van der Waals surface area contributed by atoms with E-state index >= 15 is 0 Å². The van der Waals surface area contributed by atoms with Crippen molar-refractivity contribution in [1.29, 1.82) is 0 Å². The van der Waals surface area contributed by atoms with Gasteiger partial charge in [0.2, 0.25) is 0 Å². The number of hydrogen-bond donors (Lipinski definition) is 2. The van der Waals surface area contributed by atoms with Crippen LogP contribution >= 0.6 is 0 Å². The van der Waals surface area contributed by atoms with Gasteiger partial charge in [0.15, 0.2) is 0 Å². The molecule has 1 rings (SSSR count). The van der Waals surface area contributed by atoms with Crippen LogP contribution in [0.4, 0.5) is 4.79 Å². The monoisotopic (exact) mass is 292 g/mol. The summed E-state index contributed by atoms with van der Waals surface area (Å²) in [6.07, 6.45) is 1.80. The van der Waals surface area contributed by atoms with E-state index in [4.69, 9.17) is 9.47 Å². The van der Waals surface area contributed by atoms with E-state index in [0.717, 1.165) is 23.8 Å². The molecule has 0 saturated heterocycles. The third kappa shape index (κ3) is 7.00. The van der Waals surface area contributed by atoms with Gasteiger partial charge >= 0.3 is 12.0 Å². The molecule has 0 aliphatic rings. The van der Waals surface area contributed by atoms with E-state index in [-0.39, 0.29) is 19.2 Å². The number of nitrogens with one attached hydrogen (secondary N) is 2. The fourth-order valence-electron chi connectivity index (χ4n) is 1.55. The van der Waals surface area contributed by atoms with Crippen molar-refractivity contribution in [3.8, 4) is 5.75 Å². The smallest absolute Gasteiger partial charge is 0.330 e. The Kier molecular flexibility index (Phi) is 7.42. The lowest BCUT2D eigenvalue weighted by atomic mass is 10.1. The van der Waals surface area contributed by atoms with Gasteiger partial charge in [0.1, 0.15) is 12.4 Å². The normalized spacial score (nSPS) is 9.57. The van der Waals surface area contributed by atoms with Gasteiger partial charge in [-0.05, 0) is 24.1 Å². The van der Waals surface area contributed by atoms with E-state index in [9.17, 15) is 9.59 Å². The quantitative estimate of drug-likeness (QED) is 0.430. The van der Waals surface area contributed by atoms with Gasteiger partial charge in [-0.3, -0.25) is 0 Å². The van der Waals surface area contributed by atoms with E-state index in [1.54, 1.807) is 7.11 Å². The zero-order valence-corrected chi connectivity index (χ0v) is 12.1. The van der Waals surface area contributed by atoms with Crippen molar-refractivity contribution in [2.24, 2.45) is 0 Å². The molecule has 0 fully saturated rings. The molecule has 21 heavy (non-hydrogen) atoms. The van der Waals surface area contributed by atoms with Gasteiger partial charge < -0.3 is 20.1 Å². The van der Waals surface area contributed by atoms with Crippen LogP contribution in [-0.4, -0.2) is 38.8 Å². The first-order valence-corrected chi connectivity index (χ1v) is 6.59. The summed E-state index contributed by atoms with van der Waals surface area (Å²) in [5.41, 5.74) is 1.11. The van der Waals surface area contributed by atoms with Gasteiger partial charge in [-0.1, -0.05) is 18.7 Å². The summed E-state index contributed by atoms with van der Waals surface area (Å²) in [7, 11) is 1.62. The molecule has 0 aliphatic heterocycles. The average molecular weight is 292 g/mol. The minimum Gasteiger partial charge on any atom is -0.497 e. The summed E-state index contributed by atoms with van der Waals surface area (Å²) in [6, 6.07) is 7.37. The SMILES string of the molecule is C=CC(=O)OCCNC(=O)NCCc1ccc(OC)cc1. The summed E-state index contributed by atoms with van der Waals surface area (Å²) in [6.45, 7) is 4.17. The molecule has 2 amide bonds. The predicted octanol–water partition coefficient (Wildman–Crippen LogP) is 1.27. The maximum absolute atomic E-state index is 11.4. The van der Waals surface area contributed by atoms with Crippen LogP contribution in [-0.2, 0) is 16.0 Å². The summed E-state index contributed by atoms with van der Waals surface area (Å²) in [4.78, 5) is 22.2. The summed E-state index contributed by atoms with van der Waals surface area (Å²) >= 11 is 0. The maximum Gasteiger partial charge on any atom is 0.330 e. The number of benzene rings is 1. The third-order valence-electron chi connectivity index (χ3n) is 2.66. The number of amides is 2. The molecule has 2 N–H and O–H groups in total. The second-order valence-corrected chi connectivity index (χ2v) is 4.15. The number of rotatable bonds is 8. The van der Waals surface area contributed by atoms with Crippen LogP contribution in [0.15, 0.2) is 36.9 Å². The van der Waals surface area contributed by atoms with Crippen LogP contribution in [0.25, 0.3) is 0 Å². The number of urea groups is 1. The highest BCUT2D eigenvalue weighted by Crippen LogP contribution is 2.11. The van der Waals surface area contributed by atoms with Crippen LogP contribution < -0.4 is 15.4 Å². The van der Waals surface area contributed by atoms with Crippen LogP contribution in [0.3, 0.4) is 0 Å². The van der Waals surface area contributed by atoms with Gasteiger partial charge in [0.25, 0.3) is 0 Å². The zero-order chi connectivity index (χ0) is 15.5. The van der Waals surface area contributed by atoms with E-state index < -0.39 is 5.97 Å². The van der Waals surface area contributed by atoms with Crippen LogP contribution in [0.2, 0.25) is 0 Å². The number of carbonyl (C=O) groups is 2. The Balaban J connectivity index is 2.12. The molecule has 0 radical (unpaired) electrons. The number of hydrogen-bond acceptors (Lipinski definition) is 4. The highest BCUT2D eigenvalue weighted by molar-refractivity contribution is 5.81. The molecule has 0 spiro atoms. The molecule has 0 aromatic heterocycles. The predicted molar refractivity (Wildman–Crippen MR) is 79.3 cm³/mol. The number of carbonyl (C=O) groups excluding carboxylic acids is 2. The molecule has 1 aromatic carbocycles. The van der Waals surface area contributed by atoms with Gasteiger partial charge in [0, 0.05) is 12.6 Å². The van der Waals surface area contributed by atoms with Gasteiger partial charge in [-0.25, -0.2) is 9.59 Å². The molecule has 0 aliphatic carbocycles. The molecular formula is C15H20N2O4. The van der Waals surface area contributed by atoms with Crippen molar-refractivity contribution in [1.82, 2.24) is 10.6 Å². The van der Waals surface area contributed by atoms with Crippen molar-refractivity contribution >= 4 is 12.0 Å². The standard InChI is InChI=1S/C15H20N2O4/c1-3-14(18)21-11-10-17-15(19)16-9-8-12-4-6-13(20-2)7-5-12/h3-7H,1,8-11H2,2H3,(H2,16,17,19). The van der Waals surface area contributed by atoms with Crippen molar-refractivity contribution < 1.29 is 19.1 Å². The van der Waals surface area contributed by atoms with Crippen LogP contribution in [0.5, 0.6) is 5.75 Å². The Labute approximate surface area is 124 Å². The molecule has 1 aromatic rings. The Morgan fingerprint density at radius 1 is 1.19 bits per heavy atom. The second kappa shape index (κ2) is 9.41. The average Bonchev–Trinajstić information content (AvgIpc) is 2.52. The fraction of sp³-hybridized carbons (Fsp3) is 0.333. The first-order valence-electron chi connectivity index (χ1n) is 6.59. The molecular weight excluding hydrogens is 272 g/mol. The summed E-state index contributed by atoms with van der Waals surface area (Å²) < 4.78 is 9.80. The summed E-state index contributed by atoms with van der Waals surface area (Å²) in [5.74, 6) is 0.301. The van der Waals surface area contributed by atoms with Gasteiger partial charge in [0.05, 0.1) is 13.7 Å². The van der Waals surface area contributed by atoms with Crippen molar-refractivity contribution in [2.75, 3.05) is 26.8 Å². The zero-order valence-electron chi connectivity index (χ0n) is 12.1. The Hall–Kier alpha value is -2.50. The Morgan fingerprint density at radius 2 is 1.86 bits per heavy atom. The minimum atomic E-state index is -0.503. The number of methoxy groups -OCH3 is 1. The van der Waals surface area contributed by atoms with E-state index in [1.165, 1.54) is 0 Å². The second-order valence-electron chi connectivity index (χ2n) is 4.15. The molecule has 0 atom stereocenters. The van der Waals surface area contributed by atoms with Crippen molar-refractivity contribution in [3.05, 3.63) is 42.5 Å². The first-order chi connectivity index (χ1) is 10.2. The molecule has 0 bridgehead atoms. The first kappa shape index (κ1) is 16.6. The fourth-order valence-corrected chi connectivity index (χ4v) is 1.55. The largest absolute Gasteiger partial charge is 0.497 e. The molecule has 0 saturated carbocycles. The summed E-state index contributed by atoms with van der Waals surface area (Å²) in [5, 5.41) is 5.30. The number of ether oxygens (including phenoxy) is 2. The van der Waals surface area contributed by atoms with Gasteiger partial charge in [-0.2, -0.15) is 0 Å². The van der Waals surface area contributed by atoms with Gasteiger partial charge in [-0.15, -0.1) is 0 Å². The van der Waals surface area contributed by atoms with Crippen molar-refractivity contribution in [3.63, 3.8) is 0 Å². The molecule has 6 heteroatoms. The topological polar surface area (TPSA) is 76.7 Å². The maximum atomic E-state index is 11.4. The number of esters is 1. The van der Waals surface area contributed by atoms with E-state index in [2.05, 4.69) is 17.2 Å². The Morgan fingerprint density at radius 3 is 2.48 bits per heavy atom. The van der Waals surface area contributed by atoms with Crippen LogP contribution in [0.1, 0.15) is 5.56 Å². The molecule has 0 heterocycles. The lowest BCUT2D eigenvalue weighted by Gasteiger charge is -2.08. The third-order valence-corrected chi connectivity index (χ3v) is 2.66. The highest BCUT2D eigenvalue weighted by Gasteiger charge is 2.01.